The summed E-state index contributed by atoms with van der Waals surface area (Å²) in [6.45, 7) is -0.525. The average molecular weight is 608 g/mol. The van der Waals surface area contributed by atoms with Crippen molar-refractivity contribution < 1.29 is 42.4 Å². The number of halogens is 5. The molecule has 228 valence electrons. The first-order valence-corrected chi connectivity index (χ1v) is 13.5. The maximum atomic E-state index is 14.8. The molecule has 15 heteroatoms. The first-order chi connectivity index (χ1) is 20.8. The Morgan fingerprint density at radius 3 is 2.47 bits per heavy atom. The molecule has 3 heterocycles. The molecule has 1 aliphatic heterocycles. The fourth-order valence-electron chi connectivity index (χ4n) is 5.70. The number of carbonyl (C=O) groups is 3. The Bertz CT molecular complexity index is 1620. The van der Waals surface area contributed by atoms with Crippen LogP contribution < -0.4 is 15.4 Å². The van der Waals surface area contributed by atoms with E-state index in [1.807, 2.05) is 0 Å². The molecular weight excluding hydrogens is 579 g/mol. The summed E-state index contributed by atoms with van der Waals surface area (Å²) in [7, 11) is -0.556. The van der Waals surface area contributed by atoms with Gasteiger partial charge < -0.3 is 20.3 Å². The van der Waals surface area contributed by atoms with E-state index < -0.39 is 86.5 Å². The number of pyridine rings is 1. The lowest BCUT2D eigenvalue weighted by molar-refractivity contribution is -0.159. The van der Waals surface area contributed by atoms with Gasteiger partial charge in [0.25, 0.3) is 17.7 Å². The summed E-state index contributed by atoms with van der Waals surface area (Å²) in [5, 5.41) is 12.3. The van der Waals surface area contributed by atoms with E-state index in [1.54, 1.807) is 18.2 Å². The minimum Gasteiger partial charge on any atom is -0.480 e. The van der Waals surface area contributed by atoms with Crippen molar-refractivity contribution in [3.63, 3.8) is 0 Å². The Morgan fingerprint density at radius 2 is 1.77 bits per heavy atom. The van der Waals surface area contributed by atoms with Gasteiger partial charge in [0.2, 0.25) is 17.7 Å². The van der Waals surface area contributed by atoms with E-state index in [4.69, 9.17) is 6.11 Å². The number of benzene rings is 1. The zero-order valence-electron chi connectivity index (χ0n) is 23.5. The number of nitrogens with one attached hydrogen (secondary N) is 3. The van der Waals surface area contributed by atoms with E-state index in [1.165, 1.54) is 12.3 Å². The van der Waals surface area contributed by atoms with Gasteiger partial charge in [0.05, 0.1) is 26.6 Å². The fraction of sp³-hybridized carbons (Fsp3) is 0.464. The number of H-pyrrole nitrogens is 1. The third kappa shape index (κ3) is 5.59. The van der Waals surface area contributed by atoms with Crippen LogP contribution >= 0.6 is 0 Å². The lowest BCUT2D eigenvalue weighted by Gasteiger charge is -2.36. The Kier molecular flexibility index (Phi) is 6.69. The minimum atomic E-state index is -2.90. The number of fused-ring (bicyclic) bond motifs is 1. The highest BCUT2D eigenvalue weighted by molar-refractivity contribution is 6.05. The molecule has 0 spiro atoms. The maximum Gasteiger partial charge on any atom is 0.272 e. The first-order valence-electron chi connectivity index (χ1n) is 14.2. The van der Waals surface area contributed by atoms with Crippen LogP contribution in [-0.2, 0) is 4.79 Å². The molecule has 0 bridgehead atoms. The van der Waals surface area contributed by atoms with Gasteiger partial charge in [-0.2, -0.15) is 5.10 Å². The highest BCUT2D eigenvalue weighted by atomic mass is 19.3. The van der Waals surface area contributed by atoms with Crippen molar-refractivity contribution in [3.05, 3.63) is 41.7 Å². The van der Waals surface area contributed by atoms with Gasteiger partial charge in [-0.3, -0.25) is 19.5 Å². The van der Waals surface area contributed by atoms with E-state index in [-0.39, 0.29) is 30.2 Å². The predicted molar refractivity (Wildman–Crippen MR) is 142 cm³/mol. The van der Waals surface area contributed by atoms with Gasteiger partial charge in [-0.15, -0.1) is 0 Å². The van der Waals surface area contributed by atoms with E-state index in [9.17, 15) is 36.3 Å². The summed E-state index contributed by atoms with van der Waals surface area (Å²) in [4.78, 5) is 43.7. The number of rotatable bonds is 7. The van der Waals surface area contributed by atoms with Crippen LogP contribution in [0.2, 0.25) is 0 Å². The second-order valence-corrected chi connectivity index (χ2v) is 11.3. The minimum absolute atomic E-state index is 0.0371. The molecule has 2 aliphatic carbocycles. The van der Waals surface area contributed by atoms with Crippen molar-refractivity contribution in [1.82, 2.24) is 30.7 Å². The maximum absolute atomic E-state index is 14.8. The molecule has 3 fully saturated rings. The number of hydrogen-bond donors (Lipinski definition) is 3. The number of aromatic nitrogens is 3. The molecule has 2 aromatic heterocycles. The lowest BCUT2D eigenvalue weighted by Crippen LogP contribution is -2.50. The van der Waals surface area contributed by atoms with Crippen LogP contribution in [0.4, 0.5) is 22.0 Å². The zero-order chi connectivity index (χ0) is 31.4. The van der Waals surface area contributed by atoms with Crippen LogP contribution in [0.1, 0.15) is 47.9 Å². The highest BCUT2D eigenvalue weighted by Crippen LogP contribution is 2.43. The molecule has 0 radical (unpaired) electrons. The van der Waals surface area contributed by atoms with E-state index in [2.05, 4.69) is 25.8 Å². The fourth-order valence-corrected chi connectivity index (χ4v) is 5.70. The molecule has 3 amide bonds. The normalized spacial score (nSPS) is 23.3. The number of amides is 3. The lowest BCUT2D eigenvalue weighted by atomic mass is 9.80. The molecule has 1 saturated heterocycles. The van der Waals surface area contributed by atoms with Crippen molar-refractivity contribution in [1.29, 1.82) is 0 Å². The van der Waals surface area contributed by atoms with Crippen molar-refractivity contribution in [2.24, 2.45) is 5.92 Å². The second-order valence-electron chi connectivity index (χ2n) is 11.3. The topological polar surface area (TPSA) is 129 Å². The average Bonchev–Trinajstić information content (AvgIpc) is 3.53. The van der Waals surface area contributed by atoms with Gasteiger partial charge in [-0.25, -0.2) is 26.9 Å². The summed E-state index contributed by atoms with van der Waals surface area (Å²) >= 11 is 0. The van der Waals surface area contributed by atoms with Crippen molar-refractivity contribution in [2.75, 3.05) is 20.2 Å². The first kappa shape index (κ1) is 27.5. The number of alkyl halides is 5. The molecular formula is C28H27F5N6O4. The summed E-state index contributed by atoms with van der Waals surface area (Å²) in [6.07, 6.45) is -2.26. The Morgan fingerprint density at radius 1 is 1.02 bits per heavy atom. The Hall–Kier alpha value is -4.30. The summed E-state index contributed by atoms with van der Waals surface area (Å²) in [6, 6.07) is 4.57. The molecule has 6 rings (SSSR count). The summed E-state index contributed by atoms with van der Waals surface area (Å²) < 4.78 is 80.1. The molecule has 1 aromatic carbocycles. The standard InChI is InChI=1S/C28H27F5N6O4/c1-43-25-18(23(40)36-21-12-39(11-19(21)29)26(42)15-6-27(30,31)7-15)4-14(10-34-25)13-2-3-17-20(5-13)37-38-22(17)24(41)35-16-8-28(32,33)9-16/h2-5,10,15-16,19,21H,6-9,11-12H2,1H3,(H,35,41)(H,36,40)(H,37,38)/t19-,21+/m0/s1/i1D. The van der Waals surface area contributed by atoms with Crippen LogP contribution in [0.3, 0.4) is 0 Å². The van der Waals surface area contributed by atoms with Gasteiger partial charge >= 0.3 is 0 Å². The largest absolute Gasteiger partial charge is 0.480 e. The van der Waals surface area contributed by atoms with Crippen molar-refractivity contribution in [2.45, 2.75) is 55.8 Å². The molecule has 10 nitrogen and oxygen atoms in total. The molecule has 0 unspecified atom stereocenters. The van der Waals surface area contributed by atoms with E-state index in [0.717, 1.165) is 4.90 Å². The van der Waals surface area contributed by atoms with Crippen LogP contribution in [0.15, 0.2) is 30.5 Å². The third-order valence-electron chi connectivity index (χ3n) is 8.09. The van der Waals surface area contributed by atoms with Crippen molar-refractivity contribution in [3.8, 4) is 17.0 Å². The smallest absolute Gasteiger partial charge is 0.272 e. The monoisotopic (exact) mass is 607 g/mol. The number of likely N-dealkylation sites (tertiary alicyclic amines) is 1. The van der Waals surface area contributed by atoms with Gasteiger partial charge in [-0.1, -0.05) is 6.07 Å². The summed E-state index contributed by atoms with van der Waals surface area (Å²) in [5.41, 5.74) is 1.36. The molecule has 2 atom stereocenters. The number of nitrogens with zero attached hydrogens (tertiary/aromatic N) is 3. The second kappa shape index (κ2) is 10.5. The van der Waals surface area contributed by atoms with Crippen LogP contribution in [0.5, 0.6) is 5.88 Å². The highest BCUT2D eigenvalue weighted by Gasteiger charge is 2.51. The Balaban J connectivity index is 1.17. The predicted octanol–water partition coefficient (Wildman–Crippen LogP) is 3.49. The molecule has 2 saturated carbocycles. The third-order valence-corrected chi connectivity index (χ3v) is 8.09. The zero-order valence-corrected chi connectivity index (χ0v) is 22.5. The van der Waals surface area contributed by atoms with Gasteiger partial charge in [0, 0.05) is 61.3 Å². The van der Waals surface area contributed by atoms with Crippen LogP contribution in [0, 0.1) is 5.92 Å². The molecule has 3 N–H and O–H groups in total. The van der Waals surface area contributed by atoms with Crippen molar-refractivity contribution >= 4 is 28.6 Å². The molecule has 3 aliphatic rings. The number of hydrogen-bond acceptors (Lipinski definition) is 6. The van der Waals surface area contributed by atoms with Gasteiger partial charge in [0.1, 0.15) is 11.7 Å². The van der Waals surface area contributed by atoms with E-state index >= 15 is 0 Å². The van der Waals surface area contributed by atoms with Gasteiger partial charge in [0.15, 0.2) is 5.69 Å². The Labute approximate surface area is 242 Å². The number of methoxy groups -OCH3 is 1. The van der Waals surface area contributed by atoms with Gasteiger partial charge in [-0.05, 0) is 23.8 Å². The molecule has 43 heavy (non-hydrogen) atoms. The van der Waals surface area contributed by atoms with Crippen LogP contribution in [-0.4, -0.2) is 88.1 Å². The molecule has 3 aromatic rings. The summed E-state index contributed by atoms with van der Waals surface area (Å²) in [5.74, 6) is -8.67. The number of aromatic amines is 1. The van der Waals surface area contributed by atoms with E-state index in [0.29, 0.717) is 22.0 Å². The quantitative estimate of drug-likeness (QED) is 0.353. The SMILES string of the molecule is [2H]COc1ncc(-c2ccc3c(C(=O)NC4CC(F)(F)C4)n[nH]c3c2)cc1C(=O)N[C@@H]1CN(C(=O)C2CC(F)(F)C2)C[C@@H]1F. The number of carbonyl (C=O) groups excluding carboxylic acids is 3. The van der Waals surface area contributed by atoms with Crippen LogP contribution in [0.25, 0.3) is 22.0 Å². The number of ether oxygens (including phenoxy) is 1.